The summed E-state index contributed by atoms with van der Waals surface area (Å²) < 4.78 is 4.11. The Bertz CT molecular complexity index is 1660. The van der Waals surface area contributed by atoms with Gasteiger partial charge in [-0.05, 0) is 0 Å². The van der Waals surface area contributed by atoms with Gasteiger partial charge < -0.3 is 0 Å². The van der Waals surface area contributed by atoms with Crippen molar-refractivity contribution in [3.05, 3.63) is 150 Å². The van der Waals surface area contributed by atoms with Gasteiger partial charge in [0.25, 0.3) is 0 Å². The summed E-state index contributed by atoms with van der Waals surface area (Å²) in [6, 6.07) is 30.2. The van der Waals surface area contributed by atoms with E-state index in [1.807, 2.05) is 3.21 Å². The first-order chi connectivity index (χ1) is 20.5. The number of fused-ring (bicyclic) bond motifs is 3. The number of unbranched alkanes of at least 4 members (excludes halogenated alkanes) is 1. The van der Waals surface area contributed by atoms with E-state index in [0.717, 1.165) is 19.3 Å². The van der Waals surface area contributed by atoms with Gasteiger partial charge in [-0.15, -0.1) is 0 Å². The molecule has 212 valence electrons. The Hall–Kier alpha value is -2.89. The predicted octanol–water partition coefficient (Wildman–Crippen LogP) is 10.5. The average molecular weight is 628 g/mol. The fourth-order valence-electron chi connectivity index (χ4n) is 7.20. The van der Waals surface area contributed by atoms with Gasteiger partial charge in [-0.1, -0.05) is 0 Å². The zero-order valence-corrected chi connectivity index (χ0v) is 28.5. The van der Waals surface area contributed by atoms with E-state index in [1.165, 1.54) is 63.8 Å². The molecule has 0 spiro atoms. The summed E-state index contributed by atoms with van der Waals surface area (Å²) in [6.07, 6.45) is 14.3. The SMILES string of the molecule is CCCCc1c(C)c(C)cc2c1[CH]([Zr]([C]1=CC=CC1)=[C](Cc1ccccc1)Cc1ccccc1)c1cc(C)c(C)cc1-2. The summed E-state index contributed by atoms with van der Waals surface area (Å²) in [5.41, 5.74) is 16.8. The summed E-state index contributed by atoms with van der Waals surface area (Å²) >= 11 is -2.53. The molecule has 2 aliphatic rings. The van der Waals surface area contributed by atoms with Crippen molar-refractivity contribution in [3.8, 4) is 11.1 Å². The van der Waals surface area contributed by atoms with Gasteiger partial charge in [-0.2, -0.15) is 0 Å². The summed E-state index contributed by atoms with van der Waals surface area (Å²) in [7, 11) is 0. The third-order valence-corrected chi connectivity index (χ3v) is 17.9. The van der Waals surface area contributed by atoms with Crippen molar-refractivity contribution >= 4 is 3.21 Å². The second-order valence-electron chi connectivity index (χ2n) is 12.5. The maximum atomic E-state index is 2.59. The predicted molar refractivity (Wildman–Crippen MR) is 178 cm³/mol. The number of allylic oxidation sites excluding steroid dienone is 4. The standard InChI is InChI=1S/C21H25.C15H14.C5H5.Zr/c1-6-7-8-18-16(5)15(4)11-20-19-10-14(3)13(2)9-17(19)12-21(18)20;1-3-8-14(9-4-1)12-7-13-15-10-5-2-6-11-15;1-2-4-5-3-1;/h9-12H,6-8H2,1-5H3;1-6,8-11H,12-13H2;1-3H,4H2;. The molecular weight excluding hydrogens is 584 g/mol. The molecule has 2 aliphatic carbocycles. The van der Waals surface area contributed by atoms with Gasteiger partial charge in [0.1, 0.15) is 0 Å². The van der Waals surface area contributed by atoms with Gasteiger partial charge >= 0.3 is 263 Å². The van der Waals surface area contributed by atoms with Crippen LogP contribution in [0.2, 0.25) is 0 Å². The average Bonchev–Trinajstić information content (AvgIpc) is 3.62. The van der Waals surface area contributed by atoms with Crippen LogP contribution >= 0.6 is 0 Å². The molecule has 1 atom stereocenters. The molecule has 0 bridgehead atoms. The summed E-state index contributed by atoms with van der Waals surface area (Å²) in [5, 5.41) is 0. The Morgan fingerprint density at radius 3 is 1.98 bits per heavy atom. The quantitative estimate of drug-likeness (QED) is 0.173. The van der Waals surface area contributed by atoms with Crippen molar-refractivity contribution in [2.45, 2.75) is 76.8 Å². The second kappa shape index (κ2) is 12.8. The molecule has 0 fully saturated rings. The molecule has 42 heavy (non-hydrogen) atoms. The van der Waals surface area contributed by atoms with Gasteiger partial charge in [-0.25, -0.2) is 0 Å². The van der Waals surface area contributed by atoms with Gasteiger partial charge in [-0.3, -0.25) is 0 Å². The first-order valence-corrected chi connectivity index (χ1v) is 19.7. The third kappa shape index (κ3) is 5.70. The van der Waals surface area contributed by atoms with Crippen LogP contribution in [0.15, 0.2) is 100 Å². The molecule has 0 N–H and O–H groups in total. The van der Waals surface area contributed by atoms with Crippen molar-refractivity contribution in [1.82, 2.24) is 0 Å². The van der Waals surface area contributed by atoms with Crippen LogP contribution in [0, 0.1) is 27.7 Å². The molecule has 1 heteroatoms. The molecule has 4 aromatic rings. The molecule has 0 heterocycles. The molecule has 0 aliphatic heterocycles. The molecule has 0 aromatic heterocycles. The number of hydrogen-bond acceptors (Lipinski definition) is 0. The van der Waals surface area contributed by atoms with E-state index in [-0.39, 0.29) is 0 Å². The molecule has 0 saturated heterocycles. The Morgan fingerprint density at radius 1 is 0.762 bits per heavy atom. The number of aryl methyl sites for hydroxylation is 3. The van der Waals surface area contributed by atoms with E-state index in [4.69, 9.17) is 0 Å². The van der Waals surface area contributed by atoms with Crippen LogP contribution in [0.5, 0.6) is 0 Å². The summed E-state index contributed by atoms with van der Waals surface area (Å²) in [4.78, 5) is 0. The van der Waals surface area contributed by atoms with Crippen molar-refractivity contribution in [3.63, 3.8) is 0 Å². The van der Waals surface area contributed by atoms with E-state index in [9.17, 15) is 0 Å². The van der Waals surface area contributed by atoms with Gasteiger partial charge in [0.15, 0.2) is 0 Å². The number of hydrogen-bond donors (Lipinski definition) is 0. The number of benzene rings is 4. The van der Waals surface area contributed by atoms with Crippen molar-refractivity contribution < 1.29 is 21.3 Å². The Balaban J connectivity index is 1.68. The van der Waals surface area contributed by atoms with Crippen LogP contribution in [-0.4, -0.2) is 3.21 Å². The van der Waals surface area contributed by atoms with Crippen LogP contribution in [0.4, 0.5) is 0 Å². The molecule has 0 nitrogen and oxygen atoms in total. The molecule has 1 unspecified atom stereocenters. The molecule has 0 radical (unpaired) electrons. The Labute approximate surface area is 261 Å². The van der Waals surface area contributed by atoms with Gasteiger partial charge in [0, 0.05) is 0 Å². The van der Waals surface area contributed by atoms with Crippen LogP contribution < -0.4 is 0 Å². The monoisotopic (exact) mass is 626 g/mol. The third-order valence-electron chi connectivity index (χ3n) is 9.66. The minimum absolute atomic E-state index is 0.524. The number of rotatable bonds is 9. The van der Waals surface area contributed by atoms with E-state index >= 15 is 0 Å². The molecule has 4 aromatic carbocycles. The maximum absolute atomic E-state index is 2.59. The molecule has 6 rings (SSSR count). The van der Waals surface area contributed by atoms with Crippen LogP contribution in [0.1, 0.15) is 79.9 Å². The zero-order valence-electron chi connectivity index (χ0n) is 26.1. The molecule has 0 amide bonds. The topological polar surface area (TPSA) is 0 Å². The Morgan fingerprint density at radius 2 is 1.38 bits per heavy atom. The molecule has 0 saturated carbocycles. The van der Waals surface area contributed by atoms with Gasteiger partial charge in [0.2, 0.25) is 0 Å². The first-order valence-electron chi connectivity index (χ1n) is 15.9. The van der Waals surface area contributed by atoms with E-state index < -0.39 is 21.3 Å². The Kier molecular flexibility index (Phi) is 8.88. The van der Waals surface area contributed by atoms with E-state index in [2.05, 4.69) is 132 Å². The molecular formula is C41H44Zr. The zero-order chi connectivity index (χ0) is 29.2. The summed E-state index contributed by atoms with van der Waals surface area (Å²) in [6.45, 7) is 11.7. The van der Waals surface area contributed by atoms with Crippen LogP contribution in [-0.2, 0) is 40.5 Å². The van der Waals surface area contributed by atoms with Crippen molar-refractivity contribution in [2.75, 3.05) is 0 Å². The fourth-order valence-corrected chi connectivity index (χ4v) is 16.6. The summed E-state index contributed by atoms with van der Waals surface area (Å²) in [5.74, 6) is 0. The fraction of sp³-hybridized carbons (Fsp3) is 0.293. The van der Waals surface area contributed by atoms with Crippen molar-refractivity contribution in [1.29, 1.82) is 0 Å². The van der Waals surface area contributed by atoms with Crippen molar-refractivity contribution in [2.24, 2.45) is 0 Å². The minimum atomic E-state index is -2.53. The van der Waals surface area contributed by atoms with E-state index in [0.29, 0.717) is 3.63 Å². The van der Waals surface area contributed by atoms with Crippen LogP contribution in [0.25, 0.3) is 11.1 Å². The first kappa shape index (κ1) is 29.2. The van der Waals surface area contributed by atoms with Crippen LogP contribution in [0.3, 0.4) is 0 Å². The van der Waals surface area contributed by atoms with E-state index in [1.54, 1.807) is 20.0 Å². The second-order valence-corrected chi connectivity index (χ2v) is 19.3. The normalized spacial score (nSPS) is 15.0. The van der Waals surface area contributed by atoms with Gasteiger partial charge in [0.05, 0.1) is 0 Å².